The third-order valence-corrected chi connectivity index (χ3v) is 6.49. The van der Waals surface area contributed by atoms with Gasteiger partial charge in [-0.15, -0.1) is 11.3 Å². The molecule has 2 atom stereocenters. The molecule has 0 bridgehead atoms. The van der Waals surface area contributed by atoms with Crippen LogP contribution < -0.4 is 5.32 Å². The molecule has 1 saturated carbocycles. The van der Waals surface area contributed by atoms with E-state index in [2.05, 4.69) is 18.3 Å². The first-order chi connectivity index (χ1) is 14.7. The van der Waals surface area contributed by atoms with Crippen LogP contribution in [0.15, 0.2) is 59.6 Å². The monoisotopic (exact) mass is 416 g/mol. The highest BCUT2D eigenvalue weighted by molar-refractivity contribution is 7.13. The number of amides is 1. The van der Waals surface area contributed by atoms with Crippen molar-refractivity contribution < 1.29 is 4.79 Å². The number of hydrogen-bond donors (Lipinski definition) is 1. The lowest BCUT2D eigenvalue weighted by Crippen LogP contribution is -2.41. The van der Waals surface area contributed by atoms with Crippen LogP contribution in [0.4, 0.5) is 0 Å². The Balaban J connectivity index is 1.67. The molecule has 1 fully saturated rings. The molecule has 2 heterocycles. The first-order valence-corrected chi connectivity index (χ1v) is 11.2. The molecule has 1 aliphatic rings. The Bertz CT molecular complexity index is 1080. The van der Waals surface area contributed by atoms with Crippen LogP contribution in [-0.2, 0) is 4.79 Å². The second-order valence-corrected chi connectivity index (χ2v) is 8.65. The molecule has 6 heteroatoms. The number of carbonyl (C=O) groups excluding carboxylic acids is 1. The molecule has 0 radical (unpaired) electrons. The van der Waals surface area contributed by atoms with E-state index in [1.54, 1.807) is 22.1 Å². The first kappa shape index (κ1) is 20.1. The van der Waals surface area contributed by atoms with Gasteiger partial charge >= 0.3 is 0 Å². The van der Waals surface area contributed by atoms with E-state index < -0.39 is 0 Å². The van der Waals surface area contributed by atoms with Crippen molar-refractivity contribution in [2.45, 2.75) is 38.6 Å². The van der Waals surface area contributed by atoms with Crippen molar-refractivity contribution in [2.75, 3.05) is 0 Å². The SMILES string of the molecule is CC1CCCCC1NC(=O)C(C#N)=Cc1cn(-c2ccccc2)nc1-c1cccs1. The van der Waals surface area contributed by atoms with E-state index in [9.17, 15) is 10.1 Å². The van der Waals surface area contributed by atoms with Gasteiger partial charge in [0.05, 0.1) is 10.6 Å². The van der Waals surface area contributed by atoms with Crippen LogP contribution in [0.25, 0.3) is 22.3 Å². The molecule has 0 saturated heterocycles. The maximum Gasteiger partial charge on any atom is 0.262 e. The number of nitriles is 1. The zero-order chi connectivity index (χ0) is 20.9. The molecular weight excluding hydrogens is 392 g/mol. The van der Waals surface area contributed by atoms with Gasteiger partial charge < -0.3 is 5.32 Å². The molecule has 1 aliphatic carbocycles. The van der Waals surface area contributed by atoms with Crippen LogP contribution in [0.5, 0.6) is 0 Å². The number of thiophene rings is 1. The fraction of sp³-hybridized carbons (Fsp3) is 0.292. The van der Waals surface area contributed by atoms with Crippen molar-refractivity contribution in [1.82, 2.24) is 15.1 Å². The summed E-state index contributed by atoms with van der Waals surface area (Å²) in [5.74, 6) is 0.131. The molecule has 2 unspecified atom stereocenters. The second-order valence-electron chi connectivity index (χ2n) is 7.70. The summed E-state index contributed by atoms with van der Waals surface area (Å²) in [5.41, 5.74) is 2.55. The van der Waals surface area contributed by atoms with Gasteiger partial charge in [-0.2, -0.15) is 10.4 Å². The molecule has 0 aliphatic heterocycles. The molecule has 4 rings (SSSR count). The average Bonchev–Trinajstić information content (AvgIpc) is 3.44. The van der Waals surface area contributed by atoms with Crippen molar-refractivity contribution in [3.05, 3.63) is 65.2 Å². The van der Waals surface area contributed by atoms with Crippen LogP contribution in [-0.4, -0.2) is 21.7 Å². The third kappa shape index (κ3) is 4.37. The Morgan fingerprint density at radius 3 is 2.73 bits per heavy atom. The predicted octanol–water partition coefficient (Wildman–Crippen LogP) is 5.20. The van der Waals surface area contributed by atoms with Crippen LogP contribution >= 0.6 is 11.3 Å². The maximum atomic E-state index is 12.8. The molecule has 1 N–H and O–H groups in total. The summed E-state index contributed by atoms with van der Waals surface area (Å²) in [6.45, 7) is 2.17. The number of para-hydroxylation sites is 1. The van der Waals surface area contributed by atoms with Gasteiger partial charge in [0.2, 0.25) is 0 Å². The van der Waals surface area contributed by atoms with Crippen LogP contribution in [0.1, 0.15) is 38.2 Å². The van der Waals surface area contributed by atoms with Gasteiger partial charge in [-0.05, 0) is 48.4 Å². The number of benzene rings is 1. The minimum atomic E-state index is -0.305. The van der Waals surface area contributed by atoms with Crippen molar-refractivity contribution in [2.24, 2.45) is 5.92 Å². The van der Waals surface area contributed by atoms with E-state index in [-0.39, 0.29) is 17.5 Å². The van der Waals surface area contributed by atoms with E-state index in [1.165, 1.54) is 6.42 Å². The van der Waals surface area contributed by atoms with Crippen molar-refractivity contribution in [3.8, 4) is 22.3 Å². The highest BCUT2D eigenvalue weighted by Crippen LogP contribution is 2.29. The molecule has 1 amide bonds. The fourth-order valence-corrected chi connectivity index (χ4v) is 4.62. The van der Waals surface area contributed by atoms with Crippen LogP contribution in [0.2, 0.25) is 0 Å². The van der Waals surface area contributed by atoms with Gasteiger partial charge in [-0.1, -0.05) is 44.0 Å². The predicted molar refractivity (Wildman–Crippen MR) is 120 cm³/mol. The van der Waals surface area contributed by atoms with Gasteiger partial charge in [0.1, 0.15) is 17.3 Å². The average molecular weight is 417 g/mol. The summed E-state index contributed by atoms with van der Waals surface area (Å²) in [6, 6.07) is 16.0. The van der Waals surface area contributed by atoms with E-state index in [0.717, 1.165) is 41.1 Å². The van der Waals surface area contributed by atoms with Gasteiger partial charge in [0.15, 0.2) is 0 Å². The summed E-state index contributed by atoms with van der Waals surface area (Å²) in [4.78, 5) is 13.8. The number of hydrogen-bond acceptors (Lipinski definition) is 4. The fourth-order valence-electron chi connectivity index (χ4n) is 3.89. The van der Waals surface area contributed by atoms with Gasteiger partial charge in [-0.3, -0.25) is 4.79 Å². The first-order valence-electron chi connectivity index (χ1n) is 10.3. The van der Waals surface area contributed by atoms with Crippen LogP contribution in [0.3, 0.4) is 0 Å². The Morgan fingerprint density at radius 2 is 2.03 bits per heavy atom. The standard InChI is InChI=1S/C24H24N4OS/c1-17-8-5-6-11-21(17)26-24(29)18(15-25)14-19-16-28(20-9-3-2-4-10-20)27-23(19)22-12-7-13-30-22/h2-4,7,9-10,12-14,16-17,21H,5-6,8,11H2,1H3,(H,26,29). The van der Waals surface area contributed by atoms with E-state index in [1.807, 2.05) is 54.0 Å². The van der Waals surface area contributed by atoms with Crippen molar-refractivity contribution >= 4 is 23.3 Å². The molecule has 30 heavy (non-hydrogen) atoms. The quantitative estimate of drug-likeness (QED) is 0.459. The molecule has 5 nitrogen and oxygen atoms in total. The van der Waals surface area contributed by atoms with E-state index in [0.29, 0.717) is 5.92 Å². The van der Waals surface area contributed by atoms with Gasteiger partial charge in [0.25, 0.3) is 5.91 Å². The Morgan fingerprint density at radius 1 is 1.23 bits per heavy atom. The zero-order valence-electron chi connectivity index (χ0n) is 16.9. The number of aromatic nitrogens is 2. The lowest BCUT2D eigenvalue weighted by molar-refractivity contribution is -0.118. The second kappa shape index (κ2) is 9.10. The maximum absolute atomic E-state index is 12.8. The number of carbonyl (C=O) groups is 1. The topological polar surface area (TPSA) is 70.7 Å². The zero-order valence-corrected chi connectivity index (χ0v) is 17.7. The molecule has 1 aromatic carbocycles. The molecule has 3 aromatic rings. The Labute approximate surface area is 180 Å². The highest BCUT2D eigenvalue weighted by atomic mass is 32.1. The third-order valence-electron chi connectivity index (χ3n) is 5.61. The smallest absolute Gasteiger partial charge is 0.262 e. The summed E-state index contributed by atoms with van der Waals surface area (Å²) in [7, 11) is 0. The lowest BCUT2D eigenvalue weighted by Gasteiger charge is -2.29. The number of nitrogens with zero attached hydrogens (tertiary/aromatic N) is 3. The Kier molecular flexibility index (Phi) is 6.10. The minimum Gasteiger partial charge on any atom is -0.348 e. The van der Waals surface area contributed by atoms with Gasteiger partial charge in [-0.25, -0.2) is 4.68 Å². The number of rotatable bonds is 5. The van der Waals surface area contributed by atoms with Gasteiger partial charge in [0, 0.05) is 17.8 Å². The van der Waals surface area contributed by atoms with Crippen molar-refractivity contribution in [1.29, 1.82) is 5.26 Å². The lowest BCUT2D eigenvalue weighted by atomic mass is 9.86. The van der Waals surface area contributed by atoms with Crippen LogP contribution in [0, 0.1) is 17.2 Å². The molecular formula is C24H24N4OS. The van der Waals surface area contributed by atoms with E-state index in [4.69, 9.17) is 5.10 Å². The Hall–Kier alpha value is -3.17. The summed E-state index contributed by atoms with van der Waals surface area (Å²) < 4.78 is 1.79. The number of nitrogens with one attached hydrogen (secondary N) is 1. The summed E-state index contributed by atoms with van der Waals surface area (Å²) in [5, 5.41) is 19.5. The minimum absolute atomic E-state index is 0.109. The molecule has 152 valence electrons. The summed E-state index contributed by atoms with van der Waals surface area (Å²) in [6.07, 6.45) is 7.94. The summed E-state index contributed by atoms with van der Waals surface area (Å²) >= 11 is 1.58. The van der Waals surface area contributed by atoms with E-state index >= 15 is 0 Å². The largest absolute Gasteiger partial charge is 0.348 e. The normalized spacial score (nSPS) is 19.3. The molecule has 2 aromatic heterocycles. The molecule has 0 spiro atoms. The highest BCUT2D eigenvalue weighted by Gasteiger charge is 2.24. The van der Waals surface area contributed by atoms with Crippen molar-refractivity contribution in [3.63, 3.8) is 0 Å².